The molecule has 0 radical (unpaired) electrons. The summed E-state index contributed by atoms with van der Waals surface area (Å²) in [5, 5.41) is 9.88. The lowest BCUT2D eigenvalue weighted by Crippen LogP contribution is -2.14. The van der Waals surface area contributed by atoms with Crippen molar-refractivity contribution in [2.24, 2.45) is 0 Å². The average Bonchev–Trinajstić information content (AvgIpc) is 2.43. The van der Waals surface area contributed by atoms with E-state index >= 15 is 0 Å². The van der Waals surface area contributed by atoms with Crippen molar-refractivity contribution in [2.75, 3.05) is 6.61 Å². The Morgan fingerprint density at radius 3 is 2.37 bits per heavy atom. The van der Waals surface area contributed by atoms with Gasteiger partial charge in [-0.2, -0.15) is 0 Å². The first-order valence-corrected chi connectivity index (χ1v) is 6.34. The summed E-state index contributed by atoms with van der Waals surface area (Å²) in [6.45, 7) is 0.465. The Morgan fingerprint density at radius 2 is 1.68 bits per heavy atom. The topological polar surface area (TPSA) is 29.5 Å². The summed E-state index contributed by atoms with van der Waals surface area (Å²) in [6.07, 6.45) is 0.583. The Bertz CT molecular complexity index is 482. The summed E-state index contributed by atoms with van der Waals surface area (Å²) >= 11 is 0. The first kappa shape index (κ1) is 13.6. The summed E-state index contributed by atoms with van der Waals surface area (Å²) < 4.78 is 18.2. The highest BCUT2D eigenvalue weighted by atomic mass is 19.1. The van der Waals surface area contributed by atoms with Crippen LogP contribution in [-0.4, -0.2) is 17.8 Å². The van der Waals surface area contributed by atoms with Crippen LogP contribution >= 0.6 is 0 Å². The first-order valence-electron chi connectivity index (χ1n) is 6.34. The maximum atomic E-state index is 12.7. The van der Waals surface area contributed by atoms with Gasteiger partial charge in [0.15, 0.2) is 0 Å². The molecule has 2 nitrogen and oxygen atoms in total. The third kappa shape index (κ3) is 4.72. The number of para-hydroxylation sites is 1. The number of aliphatic hydroxyl groups excluding tert-OH is 1. The van der Waals surface area contributed by atoms with Crippen LogP contribution in [0.15, 0.2) is 54.6 Å². The molecule has 1 atom stereocenters. The van der Waals surface area contributed by atoms with Crippen LogP contribution in [0.2, 0.25) is 0 Å². The van der Waals surface area contributed by atoms with Crippen molar-refractivity contribution in [3.8, 4) is 5.75 Å². The molecule has 100 valence electrons. The van der Waals surface area contributed by atoms with Gasteiger partial charge in [0, 0.05) is 6.42 Å². The molecule has 19 heavy (non-hydrogen) atoms. The van der Waals surface area contributed by atoms with Gasteiger partial charge in [0.1, 0.15) is 11.6 Å². The van der Waals surface area contributed by atoms with Gasteiger partial charge in [-0.1, -0.05) is 30.3 Å². The smallest absolute Gasteiger partial charge is 0.123 e. The van der Waals surface area contributed by atoms with E-state index in [9.17, 15) is 9.50 Å². The quantitative estimate of drug-likeness (QED) is 0.864. The minimum atomic E-state index is -0.478. The minimum absolute atomic E-state index is 0.259. The van der Waals surface area contributed by atoms with Crippen LogP contribution in [0.4, 0.5) is 4.39 Å². The number of ether oxygens (including phenoxy) is 1. The SMILES string of the molecule is OC(CCOc1ccccc1)Cc1ccc(F)cc1. The maximum absolute atomic E-state index is 12.7. The molecule has 0 saturated carbocycles. The summed E-state index contributed by atoms with van der Waals surface area (Å²) in [6, 6.07) is 15.7. The van der Waals surface area contributed by atoms with Gasteiger partial charge in [-0.3, -0.25) is 0 Å². The number of benzene rings is 2. The van der Waals surface area contributed by atoms with Crippen LogP contribution in [0.5, 0.6) is 5.75 Å². The Kier molecular flexibility index (Phi) is 4.93. The second-order valence-corrected chi connectivity index (χ2v) is 4.43. The lowest BCUT2D eigenvalue weighted by molar-refractivity contribution is 0.139. The summed E-state index contributed by atoms with van der Waals surface area (Å²) in [5.74, 6) is 0.544. The van der Waals surface area contributed by atoms with E-state index in [-0.39, 0.29) is 5.82 Å². The third-order valence-electron chi connectivity index (χ3n) is 2.85. The number of halogens is 1. The minimum Gasteiger partial charge on any atom is -0.493 e. The molecule has 3 heteroatoms. The Morgan fingerprint density at radius 1 is 1.00 bits per heavy atom. The zero-order valence-electron chi connectivity index (χ0n) is 10.6. The molecule has 0 spiro atoms. The van der Waals surface area contributed by atoms with Crippen molar-refractivity contribution < 1.29 is 14.2 Å². The van der Waals surface area contributed by atoms with Crippen molar-refractivity contribution in [1.29, 1.82) is 0 Å². The molecule has 0 aromatic heterocycles. The molecule has 0 amide bonds. The van der Waals surface area contributed by atoms with E-state index in [1.807, 2.05) is 30.3 Å². The van der Waals surface area contributed by atoms with Gasteiger partial charge < -0.3 is 9.84 Å². The largest absolute Gasteiger partial charge is 0.493 e. The van der Waals surface area contributed by atoms with Gasteiger partial charge in [0.05, 0.1) is 12.7 Å². The molecule has 2 aromatic rings. The van der Waals surface area contributed by atoms with Crippen molar-refractivity contribution in [1.82, 2.24) is 0 Å². The molecule has 1 N–H and O–H groups in total. The van der Waals surface area contributed by atoms with E-state index in [0.717, 1.165) is 11.3 Å². The number of hydrogen-bond acceptors (Lipinski definition) is 2. The van der Waals surface area contributed by atoms with Crippen LogP contribution in [0.25, 0.3) is 0 Å². The molecule has 0 bridgehead atoms. The average molecular weight is 260 g/mol. The predicted octanol–water partition coefficient (Wildman–Crippen LogP) is 3.20. The second kappa shape index (κ2) is 6.90. The van der Waals surface area contributed by atoms with Gasteiger partial charge in [0.25, 0.3) is 0 Å². The zero-order valence-corrected chi connectivity index (χ0v) is 10.6. The van der Waals surface area contributed by atoms with Gasteiger partial charge in [-0.25, -0.2) is 4.39 Å². The molecule has 0 heterocycles. The Balaban J connectivity index is 1.73. The third-order valence-corrected chi connectivity index (χ3v) is 2.85. The maximum Gasteiger partial charge on any atom is 0.123 e. The fourth-order valence-electron chi connectivity index (χ4n) is 1.82. The van der Waals surface area contributed by atoms with Gasteiger partial charge in [0.2, 0.25) is 0 Å². The monoisotopic (exact) mass is 260 g/mol. The fourth-order valence-corrected chi connectivity index (χ4v) is 1.82. The highest BCUT2D eigenvalue weighted by Crippen LogP contribution is 2.11. The van der Waals surface area contributed by atoms with Crippen molar-refractivity contribution in [3.05, 3.63) is 66.0 Å². The van der Waals surface area contributed by atoms with E-state index in [1.165, 1.54) is 12.1 Å². The molecule has 0 aliphatic heterocycles. The molecule has 0 aliphatic rings. The van der Waals surface area contributed by atoms with Crippen LogP contribution in [0, 0.1) is 5.82 Å². The van der Waals surface area contributed by atoms with Crippen LogP contribution < -0.4 is 4.74 Å². The van der Waals surface area contributed by atoms with Crippen LogP contribution in [0.3, 0.4) is 0 Å². The van der Waals surface area contributed by atoms with Crippen LogP contribution in [0.1, 0.15) is 12.0 Å². The standard InChI is InChI=1S/C16H17FO2/c17-14-8-6-13(7-9-14)12-15(18)10-11-19-16-4-2-1-3-5-16/h1-9,15,18H,10-12H2. The lowest BCUT2D eigenvalue weighted by Gasteiger charge is -2.11. The lowest BCUT2D eigenvalue weighted by atomic mass is 10.1. The van der Waals surface area contributed by atoms with Gasteiger partial charge >= 0.3 is 0 Å². The summed E-state index contributed by atoms with van der Waals surface area (Å²) in [4.78, 5) is 0. The van der Waals surface area contributed by atoms with Gasteiger partial charge in [-0.15, -0.1) is 0 Å². The molecular weight excluding hydrogens is 243 g/mol. The normalized spacial score (nSPS) is 12.1. The molecule has 0 saturated heterocycles. The van der Waals surface area contributed by atoms with Crippen LogP contribution in [-0.2, 0) is 6.42 Å². The highest BCUT2D eigenvalue weighted by molar-refractivity contribution is 5.21. The zero-order chi connectivity index (χ0) is 13.5. The summed E-state index contributed by atoms with van der Waals surface area (Å²) in [7, 11) is 0. The predicted molar refractivity (Wildman–Crippen MR) is 72.7 cm³/mol. The Labute approximate surface area is 112 Å². The van der Waals surface area contributed by atoms with Crippen molar-refractivity contribution in [3.63, 3.8) is 0 Å². The van der Waals surface area contributed by atoms with Crippen molar-refractivity contribution >= 4 is 0 Å². The highest BCUT2D eigenvalue weighted by Gasteiger charge is 2.06. The van der Waals surface area contributed by atoms with E-state index in [1.54, 1.807) is 12.1 Å². The van der Waals surface area contributed by atoms with Gasteiger partial charge in [-0.05, 0) is 36.2 Å². The van der Waals surface area contributed by atoms with E-state index < -0.39 is 6.10 Å². The fraction of sp³-hybridized carbons (Fsp3) is 0.250. The second-order valence-electron chi connectivity index (χ2n) is 4.43. The van der Waals surface area contributed by atoms with E-state index in [2.05, 4.69) is 0 Å². The molecule has 1 unspecified atom stereocenters. The summed E-state index contributed by atoms with van der Waals surface area (Å²) in [5.41, 5.74) is 0.925. The Hall–Kier alpha value is -1.87. The number of rotatable bonds is 6. The molecule has 0 aliphatic carbocycles. The molecule has 0 fully saturated rings. The van der Waals surface area contributed by atoms with E-state index in [0.29, 0.717) is 19.4 Å². The molecule has 2 rings (SSSR count). The molecular formula is C16H17FO2. The first-order chi connectivity index (χ1) is 9.24. The van der Waals surface area contributed by atoms with E-state index in [4.69, 9.17) is 4.74 Å². The molecule has 2 aromatic carbocycles. The number of hydrogen-bond donors (Lipinski definition) is 1. The number of aliphatic hydroxyl groups is 1. The van der Waals surface area contributed by atoms with Crippen molar-refractivity contribution in [2.45, 2.75) is 18.9 Å².